The van der Waals surface area contributed by atoms with Crippen LogP contribution in [0.1, 0.15) is 29.8 Å². The van der Waals surface area contributed by atoms with E-state index in [4.69, 9.17) is 10.5 Å². The van der Waals surface area contributed by atoms with Crippen molar-refractivity contribution in [2.75, 3.05) is 25.1 Å². The van der Waals surface area contributed by atoms with Gasteiger partial charge in [0, 0.05) is 35.1 Å². The zero-order chi connectivity index (χ0) is 18.0. The topological polar surface area (TPSA) is 85.5 Å². The highest BCUT2D eigenvalue weighted by Crippen LogP contribution is 2.33. The number of nitrogens with two attached hydrogens (primary N) is 1. The maximum Gasteiger partial charge on any atom is 0.356 e. The van der Waals surface area contributed by atoms with Gasteiger partial charge in [0.25, 0.3) is 0 Å². The Morgan fingerprint density at radius 3 is 2.92 bits per heavy atom. The van der Waals surface area contributed by atoms with Crippen LogP contribution in [-0.2, 0) is 9.53 Å². The molecular weight excluding hydrogens is 386 g/mol. The first kappa shape index (κ1) is 17.7. The van der Waals surface area contributed by atoms with Crippen molar-refractivity contribution in [1.82, 2.24) is 4.98 Å². The number of halogens is 1. The number of ether oxygens (including phenoxy) is 1. The molecule has 25 heavy (non-hydrogen) atoms. The number of hydrogen-bond donors (Lipinski definition) is 1. The average Bonchev–Trinajstić information content (AvgIpc) is 2.59. The number of benzene rings is 1. The minimum absolute atomic E-state index is 0.225. The number of fused-ring (bicyclic) bond motifs is 1. The van der Waals surface area contributed by atoms with Crippen LogP contribution in [0, 0.1) is 5.92 Å². The molecule has 0 saturated carbocycles. The number of pyridine rings is 1. The molecule has 132 valence electrons. The van der Waals surface area contributed by atoms with Gasteiger partial charge in [-0.25, -0.2) is 9.78 Å². The van der Waals surface area contributed by atoms with Crippen molar-refractivity contribution in [3.8, 4) is 0 Å². The fourth-order valence-corrected chi connectivity index (χ4v) is 3.75. The van der Waals surface area contributed by atoms with Gasteiger partial charge in [0.1, 0.15) is 0 Å². The average molecular weight is 406 g/mol. The molecule has 0 spiro atoms. The van der Waals surface area contributed by atoms with Crippen molar-refractivity contribution < 1.29 is 14.3 Å². The maximum atomic E-state index is 12.0. The molecule has 1 fully saturated rings. The van der Waals surface area contributed by atoms with E-state index in [-0.39, 0.29) is 17.5 Å². The molecule has 0 bridgehead atoms. The summed E-state index contributed by atoms with van der Waals surface area (Å²) < 4.78 is 5.78. The first-order valence-electron chi connectivity index (χ1n) is 8.20. The number of methoxy groups -OCH3 is 1. The summed E-state index contributed by atoms with van der Waals surface area (Å²) in [7, 11) is 1.35. The summed E-state index contributed by atoms with van der Waals surface area (Å²) in [5.41, 5.74) is 7.31. The molecule has 2 aromatic rings. The van der Waals surface area contributed by atoms with Crippen molar-refractivity contribution in [2.24, 2.45) is 11.7 Å². The molecule has 1 aromatic carbocycles. The van der Waals surface area contributed by atoms with E-state index < -0.39 is 5.97 Å². The second-order valence-corrected chi connectivity index (χ2v) is 7.22. The first-order chi connectivity index (χ1) is 12.0. The lowest BCUT2D eigenvalue weighted by molar-refractivity contribution is -0.118. The second-order valence-electron chi connectivity index (χ2n) is 6.30. The highest BCUT2D eigenvalue weighted by molar-refractivity contribution is 9.10. The molecule has 1 saturated heterocycles. The van der Waals surface area contributed by atoms with Crippen LogP contribution in [0.25, 0.3) is 10.9 Å². The molecule has 1 aliphatic rings. The Bertz CT molecular complexity index is 825. The molecule has 7 heteroatoms. The van der Waals surface area contributed by atoms with E-state index in [1.165, 1.54) is 7.11 Å². The van der Waals surface area contributed by atoms with Crippen molar-refractivity contribution in [3.05, 3.63) is 34.4 Å². The van der Waals surface area contributed by atoms with Crippen LogP contribution < -0.4 is 10.6 Å². The zero-order valence-electron chi connectivity index (χ0n) is 14.0. The molecule has 1 unspecified atom stereocenters. The molecule has 3 rings (SSSR count). The smallest absolute Gasteiger partial charge is 0.356 e. The lowest BCUT2D eigenvalue weighted by atomic mass is 9.93. The number of hydrogen-bond acceptors (Lipinski definition) is 5. The maximum absolute atomic E-state index is 12.0. The Balaban J connectivity index is 2.04. The van der Waals surface area contributed by atoms with E-state index in [0.717, 1.165) is 47.0 Å². The summed E-state index contributed by atoms with van der Waals surface area (Å²) in [6.07, 6.45) is 2.34. The molecule has 1 aliphatic heterocycles. The Labute approximate surface area is 154 Å². The molecular formula is C18H20BrN3O3. The number of nitrogens with zero attached hydrogens (tertiary/aromatic N) is 2. The van der Waals surface area contributed by atoms with E-state index >= 15 is 0 Å². The van der Waals surface area contributed by atoms with E-state index in [0.29, 0.717) is 6.42 Å². The van der Waals surface area contributed by atoms with E-state index in [1.54, 1.807) is 6.07 Å². The van der Waals surface area contributed by atoms with Crippen LogP contribution >= 0.6 is 15.9 Å². The summed E-state index contributed by atoms with van der Waals surface area (Å²) >= 11 is 3.50. The number of rotatable bonds is 4. The SMILES string of the molecule is COC(=O)c1cc(N2CCCC(CC(N)=O)C2)c2cc(Br)ccc2n1. The zero-order valence-corrected chi connectivity index (χ0v) is 15.6. The minimum atomic E-state index is -0.461. The van der Waals surface area contributed by atoms with Gasteiger partial charge in [-0.3, -0.25) is 4.79 Å². The Hall–Kier alpha value is -2.15. The van der Waals surface area contributed by atoms with Gasteiger partial charge in [0.2, 0.25) is 5.91 Å². The predicted molar refractivity (Wildman–Crippen MR) is 99.5 cm³/mol. The molecule has 2 heterocycles. The molecule has 6 nitrogen and oxygen atoms in total. The number of primary amides is 1. The van der Waals surface area contributed by atoms with Crippen molar-refractivity contribution in [2.45, 2.75) is 19.3 Å². The predicted octanol–water partition coefficient (Wildman–Crippen LogP) is 2.88. The third-order valence-corrected chi connectivity index (χ3v) is 4.99. The fourth-order valence-electron chi connectivity index (χ4n) is 3.39. The van der Waals surface area contributed by atoms with Gasteiger partial charge < -0.3 is 15.4 Å². The normalized spacial score (nSPS) is 17.5. The Morgan fingerprint density at radius 1 is 1.40 bits per heavy atom. The molecule has 2 N–H and O–H groups in total. The fraction of sp³-hybridized carbons (Fsp3) is 0.389. The highest BCUT2D eigenvalue weighted by atomic mass is 79.9. The standard InChI is InChI=1S/C18H20BrN3O3/c1-25-18(24)15-9-16(13-8-12(19)4-5-14(13)21-15)22-6-2-3-11(10-22)7-17(20)23/h4-5,8-9,11H,2-3,6-7,10H2,1H3,(H2,20,23). The van der Waals surface area contributed by atoms with Gasteiger partial charge in [-0.2, -0.15) is 0 Å². The monoisotopic (exact) mass is 405 g/mol. The summed E-state index contributed by atoms with van der Waals surface area (Å²) in [4.78, 5) is 29.9. The van der Waals surface area contributed by atoms with Gasteiger partial charge in [-0.05, 0) is 43.0 Å². The van der Waals surface area contributed by atoms with Gasteiger partial charge in [-0.1, -0.05) is 15.9 Å². The summed E-state index contributed by atoms with van der Waals surface area (Å²) in [5, 5.41) is 0.960. The number of carbonyl (C=O) groups is 2. The molecule has 0 aliphatic carbocycles. The molecule has 1 amide bonds. The van der Waals surface area contributed by atoms with Crippen LogP contribution in [0.2, 0.25) is 0 Å². The number of esters is 1. The van der Waals surface area contributed by atoms with Gasteiger partial charge in [-0.15, -0.1) is 0 Å². The van der Waals surface area contributed by atoms with E-state index in [1.807, 2.05) is 18.2 Å². The van der Waals surface area contributed by atoms with Crippen LogP contribution in [0.5, 0.6) is 0 Å². The third kappa shape index (κ3) is 3.92. The molecule has 1 atom stereocenters. The third-order valence-electron chi connectivity index (χ3n) is 4.49. The van der Waals surface area contributed by atoms with E-state index in [9.17, 15) is 9.59 Å². The van der Waals surface area contributed by atoms with Crippen LogP contribution in [0.3, 0.4) is 0 Å². The lowest BCUT2D eigenvalue weighted by Crippen LogP contribution is -2.37. The summed E-state index contributed by atoms with van der Waals surface area (Å²) in [6.45, 7) is 1.59. The van der Waals surface area contributed by atoms with Crippen LogP contribution in [-0.4, -0.2) is 37.1 Å². The van der Waals surface area contributed by atoms with Crippen molar-refractivity contribution in [3.63, 3.8) is 0 Å². The number of aromatic nitrogens is 1. The van der Waals surface area contributed by atoms with Gasteiger partial charge in [0.05, 0.1) is 12.6 Å². The van der Waals surface area contributed by atoms with Crippen molar-refractivity contribution >= 4 is 44.4 Å². The minimum Gasteiger partial charge on any atom is -0.464 e. The summed E-state index contributed by atoms with van der Waals surface area (Å²) in [6, 6.07) is 7.54. The Kier molecular flexibility index (Phi) is 5.22. The van der Waals surface area contributed by atoms with E-state index in [2.05, 4.69) is 25.8 Å². The van der Waals surface area contributed by atoms with Gasteiger partial charge >= 0.3 is 5.97 Å². The lowest BCUT2D eigenvalue weighted by Gasteiger charge is -2.34. The molecule has 1 aromatic heterocycles. The van der Waals surface area contributed by atoms with Crippen molar-refractivity contribution in [1.29, 1.82) is 0 Å². The first-order valence-corrected chi connectivity index (χ1v) is 8.99. The van der Waals surface area contributed by atoms with Crippen LogP contribution in [0.15, 0.2) is 28.7 Å². The quantitative estimate of drug-likeness (QED) is 0.790. The second kappa shape index (κ2) is 7.39. The summed E-state index contributed by atoms with van der Waals surface area (Å²) in [5.74, 6) is -0.510. The Morgan fingerprint density at radius 2 is 2.20 bits per heavy atom. The number of anilines is 1. The van der Waals surface area contributed by atoms with Gasteiger partial charge in [0.15, 0.2) is 5.69 Å². The number of amides is 1. The number of piperidine rings is 1. The molecule has 0 radical (unpaired) electrons. The highest BCUT2D eigenvalue weighted by Gasteiger charge is 2.24. The van der Waals surface area contributed by atoms with Crippen LogP contribution in [0.4, 0.5) is 5.69 Å². The largest absolute Gasteiger partial charge is 0.464 e. The number of carbonyl (C=O) groups excluding carboxylic acids is 2.